The maximum atomic E-state index is 12.5. The molecule has 0 fully saturated rings. The van der Waals surface area contributed by atoms with Gasteiger partial charge in [0.15, 0.2) is 0 Å². The lowest BCUT2D eigenvalue weighted by atomic mass is 10.0. The molecule has 0 bridgehead atoms. The number of alkyl halides is 6. The molecule has 0 aliphatic heterocycles. The molecule has 0 saturated heterocycles. The standard InChI is InChI=1S/C13H15F6NO/c14-12(15,16)8-21-5-4-11(20)7-9-2-1-3-10(6-9)13(17,18)19/h1-3,6,11H,4-5,7-8,20H2. The zero-order chi connectivity index (χ0) is 16.1. The normalized spacial score (nSPS) is 14.2. The maximum absolute atomic E-state index is 12.5. The molecule has 1 atom stereocenters. The number of ether oxygens (including phenoxy) is 1. The minimum atomic E-state index is -4.43. The Bertz CT molecular complexity index is 443. The highest BCUT2D eigenvalue weighted by atomic mass is 19.4. The summed E-state index contributed by atoms with van der Waals surface area (Å²) in [7, 11) is 0. The average molecular weight is 315 g/mol. The highest BCUT2D eigenvalue weighted by Gasteiger charge is 2.30. The molecule has 0 aliphatic rings. The van der Waals surface area contributed by atoms with E-state index >= 15 is 0 Å². The lowest BCUT2D eigenvalue weighted by Crippen LogP contribution is -2.26. The molecule has 8 heteroatoms. The smallest absolute Gasteiger partial charge is 0.372 e. The first kappa shape index (κ1) is 17.8. The van der Waals surface area contributed by atoms with Gasteiger partial charge in [-0.2, -0.15) is 26.3 Å². The second-order valence-corrected chi connectivity index (χ2v) is 4.62. The molecule has 21 heavy (non-hydrogen) atoms. The van der Waals surface area contributed by atoms with Crippen molar-refractivity contribution in [3.8, 4) is 0 Å². The summed E-state index contributed by atoms with van der Waals surface area (Å²) in [4.78, 5) is 0. The first-order chi connectivity index (χ1) is 9.58. The van der Waals surface area contributed by atoms with Crippen LogP contribution in [0, 0.1) is 0 Å². The molecule has 1 rings (SSSR count). The monoisotopic (exact) mass is 315 g/mol. The van der Waals surface area contributed by atoms with E-state index in [-0.39, 0.29) is 19.4 Å². The molecule has 0 aromatic heterocycles. The van der Waals surface area contributed by atoms with Crippen molar-refractivity contribution in [3.63, 3.8) is 0 Å². The van der Waals surface area contributed by atoms with Crippen LogP contribution in [-0.2, 0) is 17.3 Å². The topological polar surface area (TPSA) is 35.2 Å². The van der Waals surface area contributed by atoms with E-state index in [1.807, 2.05) is 0 Å². The summed E-state index contributed by atoms with van der Waals surface area (Å²) in [6.45, 7) is -1.55. The van der Waals surface area contributed by atoms with Gasteiger partial charge in [0.25, 0.3) is 0 Å². The van der Waals surface area contributed by atoms with Gasteiger partial charge in [-0.05, 0) is 24.5 Å². The number of hydrogen-bond acceptors (Lipinski definition) is 2. The molecule has 0 aliphatic carbocycles. The molecule has 0 spiro atoms. The highest BCUT2D eigenvalue weighted by molar-refractivity contribution is 5.26. The average Bonchev–Trinajstić information content (AvgIpc) is 2.33. The summed E-state index contributed by atoms with van der Waals surface area (Å²) in [5.41, 5.74) is 5.28. The van der Waals surface area contributed by atoms with Gasteiger partial charge in [-0.3, -0.25) is 0 Å². The summed E-state index contributed by atoms with van der Waals surface area (Å²) < 4.78 is 77.4. The maximum Gasteiger partial charge on any atom is 0.416 e. The quantitative estimate of drug-likeness (QED) is 0.644. The number of halogens is 6. The number of benzene rings is 1. The second kappa shape index (κ2) is 7.13. The summed E-state index contributed by atoms with van der Waals surface area (Å²) in [5, 5.41) is 0. The first-order valence-electron chi connectivity index (χ1n) is 6.14. The van der Waals surface area contributed by atoms with Crippen LogP contribution < -0.4 is 5.73 Å². The fourth-order valence-corrected chi connectivity index (χ4v) is 1.70. The van der Waals surface area contributed by atoms with Crippen LogP contribution in [-0.4, -0.2) is 25.4 Å². The van der Waals surface area contributed by atoms with E-state index in [0.717, 1.165) is 12.1 Å². The van der Waals surface area contributed by atoms with Gasteiger partial charge in [0.05, 0.1) is 5.56 Å². The Morgan fingerprint density at radius 2 is 1.76 bits per heavy atom. The van der Waals surface area contributed by atoms with Gasteiger partial charge in [0.1, 0.15) is 6.61 Å². The SMILES string of the molecule is NC(CCOCC(F)(F)F)Cc1cccc(C(F)(F)F)c1. The van der Waals surface area contributed by atoms with E-state index in [9.17, 15) is 26.3 Å². The zero-order valence-corrected chi connectivity index (χ0v) is 11.0. The Morgan fingerprint density at radius 1 is 1.10 bits per heavy atom. The molecule has 0 heterocycles. The number of nitrogens with two attached hydrogens (primary N) is 1. The minimum Gasteiger partial charge on any atom is -0.372 e. The van der Waals surface area contributed by atoms with Gasteiger partial charge in [-0.25, -0.2) is 0 Å². The predicted octanol–water partition coefficient (Wildman–Crippen LogP) is 3.54. The Hall–Kier alpha value is -1.28. The van der Waals surface area contributed by atoms with Gasteiger partial charge in [-0.15, -0.1) is 0 Å². The van der Waals surface area contributed by atoms with Gasteiger partial charge in [0, 0.05) is 12.6 Å². The van der Waals surface area contributed by atoms with Crippen molar-refractivity contribution in [1.29, 1.82) is 0 Å². The number of rotatable bonds is 6. The molecule has 1 aromatic rings. The highest BCUT2D eigenvalue weighted by Crippen LogP contribution is 2.29. The van der Waals surface area contributed by atoms with E-state index in [0.29, 0.717) is 5.56 Å². The van der Waals surface area contributed by atoms with Crippen LogP contribution in [0.25, 0.3) is 0 Å². The fraction of sp³-hybridized carbons (Fsp3) is 0.538. The summed E-state index contributed by atoms with van der Waals surface area (Å²) >= 11 is 0. The van der Waals surface area contributed by atoms with Crippen molar-refractivity contribution < 1.29 is 31.1 Å². The van der Waals surface area contributed by atoms with Gasteiger partial charge in [-0.1, -0.05) is 18.2 Å². The third-order valence-electron chi connectivity index (χ3n) is 2.65. The van der Waals surface area contributed by atoms with Gasteiger partial charge < -0.3 is 10.5 Å². The lowest BCUT2D eigenvalue weighted by Gasteiger charge is -2.14. The van der Waals surface area contributed by atoms with Crippen LogP contribution in [0.1, 0.15) is 17.5 Å². The third kappa shape index (κ3) is 7.33. The molecule has 0 radical (unpaired) electrons. The fourth-order valence-electron chi connectivity index (χ4n) is 1.70. The van der Waals surface area contributed by atoms with Crippen molar-refractivity contribution in [1.82, 2.24) is 0 Å². The molecular weight excluding hydrogens is 300 g/mol. The molecule has 1 unspecified atom stereocenters. The van der Waals surface area contributed by atoms with Crippen LogP contribution in [0.15, 0.2) is 24.3 Å². The van der Waals surface area contributed by atoms with Crippen molar-refractivity contribution in [2.24, 2.45) is 5.73 Å². The van der Waals surface area contributed by atoms with Crippen molar-refractivity contribution in [3.05, 3.63) is 35.4 Å². The van der Waals surface area contributed by atoms with Crippen molar-refractivity contribution in [2.75, 3.05) is 13.2 Å². The second-order valence-electron chi connectivity index (χ2n) is 4.62. The van der Waals surface area contributed by atoms with Crippen molar-refractivity contribution in [2.45, 2.75) is 31.2 Å². The van der Waals surface area contributed by atoms with Crippen molar-refractivity contribution >= 4 is 0 Å². The zero-order valence-electron chi connectivity index (χ0n) is 11.0. The summed E-state index contributed by atoms with van der Waals surface area (Å²) in [5.74, 6) is 0. The minimum absolute atomic E-state index is 0.131. The van der Waals surface area contributed by atoms with E-state index in [4.69, 9.17) is 5.73 Å². The molecular formula is C13H15F6NO. The Morgan fingerprint density at radius 3 is 2.33 bits per heavy atom. The van der Waals surface area contributed by atoms with Gasteiger partial charge >= 0.3 is 12.4 Å². The predicted molar refractivity (Wildman–Crippen MR) is 64.6 cm³/mol. The molecule has 2 N–H and O–H groups in total. The molecule has 0 amide bonds. The van der Waals surface area contributed by atoms with Crippen LogP contribution >= 0.6 is 0 Å². The number of hydrogen-bond donors (Lipinski definition) is 1. The largest absolute Gasteiger partial charge is 0.416 e. The van der Waals surface area contributed by atoms with Gasteiger partial charge in [0.2, 0.25) is 0 Å². The molecule has 120 valence electrons. The lowest BCUT2D eigenvalue weighted by molar-refractivity contribution is -0.174. The Balaban J connectivity index is 2.43. The van der Waals surface area contributed by atoms with E-state index < -0.39 is 30.6 Å². The van der Waals surface area contributed by atoms with E-state index in [1.165, 1.54) is 12.1 Å². The first-order valence-corrected chi connectivity index (χ1v) is 6.14. The van der Waals surface area contributed by atoms with Crippen LogP contribution in [0.5, 0.6) is 0 Å². The summed E-state index contributed by atoms with van der Waals surface area (Å²) in [6, 6.07) is 4.12. The molecule has 2 nitrogen and oxygen atoms in total. The Kier molecular flexibility index (Phi) is 6.03. The summed E-state index contributed by atoms with van der Waals surface area (Å²) in [6.07, 6.45) is -8.56. The van der Waals surface area contributed by atoms with Crippen LogP contribution in [0.4, 0.5) is 26.3 Å². The van der Waals surface area contributed by atoms with Crippen LogP contribution in [0.3, 0.4) is 0 Å². The molecule has 1 aromatic carbocycles. The third-order valence-corrected chi connectivity index (χ3v) is 2.65. The van der Waals surface area contributed by atoms with E-state index in [2.05, 4.69) is 4.74 Å². The van der Waals surface area contributed by atoms with Crippen LogP contribution in [0.2, 0.25) is 0 Å². The Labute approximate surface area is 117 Å². The molecule has 0 saturated carbocycles. The van der Waals surface area contributed by atoms with E-state index in [1.54, 1.807) is 0 Å².